The van der Waals surface area contributed by atoms with Crippen molar-refractivity contribution in [3.63, 3.8) is 0 Å². The number of hydrogen-bond donors (Lipinski definition) is 0. The van der Waals surface area contributed by atoms with Crippen LogP contribution in [0.2, 0.25) is 0 Å². The number of rotatable bonds is 4. The minimum Gasteiger partial charge on any atom is -0.303 e. The van der Waals surface area contributed by atoms with Crippen LogP contribution >= 0.6 is 0 Å². The summed E-state index contributed by atoms with van der Waals surface area (Å²) in [5.41, 5.74) is 1.94. The van der Waals surface area contributed by atoms with Crippen LogP contribution in [0.25, 0.3) is 0 Å². The summed E-state index contributed by atoms with van der Waals surface area (Å²) in [5, 5.41) is 0. The molecule has 0 spiro atoms. The van der Waals surface area contributed by atoms with Crippen LogP contribution in [0.15, 0.2) is 11.6 Å². The molecule has 1 nitrogen and oxygen atoms in total. The van der Waals surface area contributed by atoms with Crippen LogP contribution in [0.1, 0.15) is 53.4 Å². The Labute approximate surface area is 93.9 Å². The second-order valence-electron chi connectivity index (χ2n) is 5.77. The zero-order valence-corrected chi connectivity index (χ0v) is 10.5. The molecule has 0 saturated carbocycles. The van der Waals surface area contributed by atoms with Crippen molar-refractivity contribution in [2.24, 2.45) is 17.3 Å². The molecule has 1 heteroatoms. The first-order valence-corrected chi connectivity index (χ1v) is 6.07. The fraction of sp³-hybridized carbons (Fsp3) is 0.786. The summed E-state index contributed by atoms with van der Waals surface area (Å²) in [6.07, 6.45) is 7.80. The van der Waals surface area contributed by atoms with Gasteiger partial charge in [0.25, 0.3) is 0 Å². The first-order chi connectivity index (χ1) is 6.97. The van der Waals surface area contributed by atoms with E-state index in [4.69, 9.17) is 0 Å². The van der Waals surface area contributed by atoms with E-state index in [0.717, 1.165) is 12.7 Å². The van der Waals surface area contributed by atoms with Gasteiger partial charge in [0.1, 0.15) is 6.29 Å². The molecule has 0 aromatic heterocycles. The molecule has 86 valence electrons. The van der Waals surface area contributed by atoms with Crippen LogP contribution in [0.5, 0.6) is 0 Å². The van der Waals surface area contributed by atoms with Crippen LogP contribution < -0.4 is 0 Å². The first kappa shape index (κ1) is 12.5. The smallest absolute Gasteiger partial charge is 0.120 e. The summed E-state index contributed by atoms with van der Waals surface area (Å²) in [6, 6.07) is 0. The molecular formula is C14H24O. The standard InChI is InChI=1S/C14H24O/c1-11(7-9-15)10-13-12(2)6-5-8-14(13,3)4/h6,9,11,13H,5,7-8,10H2,1-4H3. The summed E-state index contributed by atoms with van der Waals surface area (Å²) in [5.74, 6) is 1.19. The molecule has 0 bridgehead atoms. The Morgan fingerprint density at radius 1 is 1.60 bits per heavy atom. The SMILES string of the molecule is CC1=CCCC(C)(C)C1CC(C)CC=O. The molecule has 0 aliphatic heterocycles. The van der Waals surface area contributed by atoms with Gasteiger partial charge in [0.15, 0.2) is 0 Å². The predicted octanol–water partition coefficient (Wildman–Crippen LogP) is 3.98. The Morgan fingerprint density at radius 2 is 2.27 bits per heavy atom. The summed E-state index contributed by atoms with van der Waals surface area (Å²) in [6.45, 7) is 9.16. The van der Waals surface area contributed by atoms with E-state index in [1.54, 1.807) is 0 Å². The molecule has 0 aromatic carbocycles. The summed E-state index contributed by atoms with van der Waals surface area (Å²) < 4.78 is 0. The molecule has 1 aliphatic carbocycles. The van der Waals surface area contributed by atoms with Crippen molar-refractivity contribution in [2.75, 3.05) is 0 Å². The molecule has 15 heavy (non-hydrogen) atoms. The van der Waals surface area contributed by atoms with Gasteiger partial charge >= 0.3 is 0 Å². The monoisotopic (exact) mass is 208 g/mol. The van der Waals surface area contributed by atoms with Crippen molar-refractivity contribution in [3.8, 4) is 0 Å². The van der Waals surface area contributed by atoms with E-state index in [1.807, 2.05) is 0 Å². The Hall–Kier alpha value is -0.590. The summed E-state index contributed by atoms with van der Waals surface area (Å²) >= 11 is 0. The lowest BCUT2D eigenvalue weighted by Crippen LogP contribution is -2.29. The predicted molar refractivity (Wildman–Crippen MR) is 64.7 cm³/mol. The Balaban J connectivity index is 2.67. The normalized spacial score (nSPS) is 26.9. The molecular weight excluding hydrogens is 184 g/mol. The van der Waals surface area contributed by atoms with Crippen molar-refractivity contribution in [1.29, 1.82) is 0 Å². The number of hydrogen-bond acceptors (Lipinski definition) is 1. The molecule has 2 atom stereocenters. The van der Waals surface area contributed by atoms with Gasteiger partial charge in [0.2, 0.25) is 0 Å². The number of aldehydes is 1. The second-order valence-corrected chi connectivity index (χ2v) is 5.77. The van der Waals surface area contributed by atoms with Gasteiger partial charge < -0.3 is 4.79 Å². The van der Waals surface area contributed by atoms with E-state index in [9.17, 15) is 4.79 Å². The van der Waals surface area contributed by atoms with Crippen molar-refractivity contribution < 1.29 is 4.79 Å². The number of allylic oxidation sites excluding steroid dienone is 2. The largest absolute Gasteiger partial charge is 0.303 e. The zero-order valence-electron chi connectivity index (χ0n) is 10.5. The molecule has 0 N–H and O–H groups in total. The van der Waals surface area contributed by atoms with E-state index in [1.165, 1.54) is 18.4 Å². The fourth-order valence-electron chi connectivity index (χ4n) is 2.77. The van der Waals surface area contributed by atoms with Gasteiger partial charge in [0, 0.05) is 6.42 Å². The molecule has 1 aliphatic rings. The van der Waals surface area contributed by atoms with Gasteiger partial charge in [-0.05, 0) is 43.4 Å². The Morgan fingerprint density at radius 3 is 2.80 bits per heavy atom. The summed E-state index contributed by atoms with van der Waals surface area (Å²) in [7, 11) is 0. The second kappa shape index (κ2) is 4.96. The molecule has 0 heterocycles. The quantitative estimate of drug-likeness (QED) is 0.504. The number of carbonyl (C=O) groups excluding carboxylic acids is 1. The minimum atomic E-state index is 0.413. The highest BCUT2D eigenvalue weighted by atomic mass is 16.1. The van der Waals surface area contributed by atoms with Crippen LogP contribution in [-0.4, -0.2) is 6.29 Å². The maximum Gasteiger partial charge on any atom is 0.120 e. The van der Waals surface area contributed by atoms with Gasteiger partial charge in [0.05, 0.1) is 0 Å². The lowest BCUT2D eigenvalue weighted by molar-refractivity contribution is -0.108. The zero-order chi connectivity index (χ0) is 11.5. The van der Waals surface area contributed by atoms with Gasteiger partial charge in [-0.2, -0.15) is 0 Å². The number of carbonyl (C=O) groups is 1. The molecule has 0 fully saturated rings. The first-order valence-electron chi connectivity index (χ1n) is 6.07. The molecule has 0 radical (unpaired) electrons. The molecule has 0 saturated heterocycles. The third kappa shape index (κ3) is 3.19. The average molecular weight is 208 g/mol. The van der Waals surface area contributed by atoms with E-state index in [-0.39, 0.29) is 0 Å². The van der Waals surface area contributed by atoms with Crippen LogP contribution in [-0.2, 0) is 4.79 Å². The maximum absolute atomic E-state index is 10.5. The minimum absolute atomic E-state index is 0.413. The average Bonchev–Trinajstić information content (AvgIpc) is 2.12. The molecule has 1 rings (SSSR count). The van der Waals surface area contributed by atoms with Gasteiger partial charge in [-0.1, -0.05) is 32.4 Å². The lowest BCUT2D eigenvalue weighted by Gasteiger charge is -2.39. The van der Waals surface area contributed by atoms with Crippen LogP contribution in [0.4, 0.5) is 0 Å². The third-order valence-electron chi connectivity index (χ3n) is 3.88. The van der Waals surface area contributed by atoms with Crippen molar-refractivity contribution >= 4 is 6.29 Å². The van der Waals surface area contributed by atoms with Gasteiger partial charge in [-0.15, -0.1) is 0 Å². The van der Waals surface area contributed by atoms with Crippen molar-refractivity contribution in [2.45, 2.75) is 53.4 Å². The third-order valence-corrected chi connectivity index (χ3v) is 3.88. The summed E-state index contributed by atoms with van der Waals surface area (Å²) in [4.78, 5) is 10.5. The van der Waals surface area contributed by atoms with Crippen LogP contribution in [0, 0.1) is 17.3 Å². The van der Waals surface area contributed by atoms with Gasteiger partial charge in [-0.25, -0.2) is 0 Å². The lowest BCUT2D eigenvalue weighted by atomic mass is 9.66. The Kier molecular flexibility index (Phi) is 4.12. The highest BCUT2D eigenvalue weighted by Gasteiger charge is 2.33. The highest BCUT2D eigenvalue weighted by Crippen LogP contribution is 2.44. The van der Waals surface area contributed by atoms with Crippen molar-refractivity contribution in [3.05, 3.63) is 11.6 Å². The van der Waals surface area contributed by atoms with E-state index < -0.39 is 0 Å². The van der Waals surface area contributed by atoms with E-state index in [0.29, 0.717) is 23.7 Å². The molecule has 0 aromatic rings. The Bertz CT molecular complexity index is 250. The van der Waals surface area contributed by atoms with Gasteiger partial charge in [-0.3, -0.25) is 0 Å². The molecule has 2 unspecified atom stereocenters. The molecule has 0 amide bonds. The van der Waals surface area contributed by atoms with E-state index in [2.05, 4.69) is 33.8 Å². The highest BCUT2D eigenvalue weighted by molar-refractivity contribution is 5.49. The topological polar surface area (TPSA) is 17.1 Å². The maximum atomic E-state index is 10.5. The van der Waals surface area contributed by atoms with E-state index >= 15 is 0 Å². The fourth-order valence-corrected chi connectivity index (χ4v) is 2.77. The van der Waals surface area contributed by atoms with Crippen LogP contribution in [0.3, 0.4) is 0 Å². The van der Waals surface area contributed by atoms with Crippen molar-refractivity contribution in [1.82, 2.24) is 0 Å².